The highest BCUT2D eigenvalue weighted by Crippen LogP contribution is 2.31. The van der Waals surface area contributed by atoms with Crippen molar-refractivity contribution in [2.75, 3.05) is 21.3 Å². The van der Waals surface area contributed by atoms with E-state index in [-0.39, 0.29) is 30.9 Å². The van der Waals surface area contributed by atoms with E-state index >= 15 is 0 Å². The number of nitrogens with one attached hydrogen (secondary N) is 1. The van der Waals surface area contributed by atoms with E-state index in [1.54, 1.807) is 51.7 Å². The second-order valence-electron chi connectivity index (χ2n) is 10.8. The third-order valence-corrected chi connectivity index (χ3v) is 7.75. The van der Waals surface area contributed by atoms with Gasteiger partial charge in [0.2, 0.25) is 11.7 Å². The Balaban J connectivity index is 1.45. The van der Waals surface area contributed by atoms with Crippen molar-refractivity contribution < 1.29 is 28.2 Å². The number of aromatic nitrogens is 4. The fraction of sp³-hybridized carbons (Fsp3) is 0.406. The number of nitrogens with zero attached hydrogens (tertiary/aromatic N) is 5. The van der Waals surface area contributed by atoms with Gasteiger partial charge in [0.05, 0.1) is 21.3 Å². The molecular formula is C32H38N6O6. The minimum absolute atomic E-state index is 0.0498. The zero-order chi connectivity index (χ0) is 31.1. The van der Waals surface area contributed by atoms with Gasteiger partial charge in [0, 0.05) is 18.2 Å². The molecule has 1 fully saturated rings. The second kappa shape index (κ2) is 14.1. The number of hydrogen-bond acceptors (Lipinski definition) is 9. The van der Waals surface area contributed by atoms with Crippen LogP contribution < -0.4 is 19.5 Å². The molecule has 12 nitrogen and oxygen atoms in total. The summed E-state index contributed by atoms with van der Waals surface area (Å²) in [6, 6.07) is 15.2. The van der Waals surface area contributed by atoms with Crippen LogP contribution in [-0.2, 0) is 22.7 Å². The predicted molar refractivity (Wildman–Crippen MR) is 161 cm³/mol. The summed E-state index contributed by atoms with van der Waals surface area (Å²) in [6.45, 7) is 1.70. The second-order valence-corrected chi connectivity index (χ2v) is 10.8. The van der Waals surface area contributed by atoms with E-state index in [4.69, 9.17) is 18.6 Å². The summed E-state index contributed by atoms with van der Waals surface area (Å²) in [5.74, 6) is 2.45. The van der Waals surface area contributed by atoms with Gasteiger partial charge in [-0.1, -0.05) is 31.4 Å². The van der Waals surface area contributed by atoms with Crippen LogP contribution in [0, 0.1) is 6.92 Å². The zero-order valence-electron chi connectivity index (χ0n) is 25.5. The van der Waals surface area contributed by atoms with Crippen molar-refractivity contribution in [3.05, 3.63) is 71.7 Å². The van der Waals surface area contributed by atoms with Crippen molar-refractivity contribution in [2.45, 2.75) is 64.2 Å². The summed E-state index contributed by atoms with van der Waals surface area (Å²) in [7, 11) is 4.70. The van der Waals surface area contributed by atoms with Crippen molar-refractivity contribution in [1.29, 1.82) is 0 Å². The molecule has 2 heterocycles. The Hall–Kier alpha value is -4.87. The van der Waals surface area contributed by atoms with Crippen LogP contribution in [0.1, 0.15) is 55.2 Å². The normalized spacial score (nSPS) is 14.1. The molecule has 4 aromatic rings. The highest BCUT2D eigenvalue weighted by molar-refractivity contribution is 5.88. The molecule has 12 heteroatoms. The van der Waals surface area contributed by atoms with Gasteiger partial charge in [0.1, 0.15) is 23.8 Å². The zero-order valence-corrected chi connectivity index (χ0v) is 25.5. The molecule has 1 aliphatic rings. The van der Waals surface area contributed by atoms with Gasteiger partial charge in [-0.2, -0.15) is 4.80 Å². The van der Waals surface area contributed by atoms with Gasteiger partial charge in [-0.25, -0.2) is 0 Å². The fourth-order valence-electron chi connectivity index (χ4n) is 5.42. The summed E-state index contributed by atoms with van der Waals surface area (Å²) in [6.07, 6.45) is 5.09. The minimum atomic E-state index is -1.01. The summed E-state index contributed by atoms with van der Waals surface area (Å²) in [4.78, 5) is 30.8. The molecule has 1 aliphatic carbocycles. The number of amides is 2. The molecule has 0 saturated heterocycles. The molecule has 0 spiro atoms. The molecule has 232 valence electrons. The number of hydrogen-bond donors (Lipinski definition) is 1. The van der Waals surface area contributed by atoms with E-state index in [1.807, 2.05) is 31.2 Å². The van der Waals surface area contributed by atoms with E-state index in [2.05, 4.69) is 20.7 Å². The smallest absolute Gasteiger partial charge is 0.250 e. The molecule has 0 aliphatic heterocycles. The van der Waals surface area contributed by atoms with Crippen LogP contribution >= 0.6 is 0 Å². The molecule has 1 atom stereocenters. The van der Waals surface area contributed by atoms with Crippen molar-refractivity contribution in [3.8, 4) is 28.6 Å². The number of ether oxygens (including phenoxy) is 3. The first-order chi connectivity index (χ1) is 21.4. The van der Waals surface area contributed by atoms with Crippen LogP contribution in [0.2, 0.25) is 0 Å². The first-order valence-corrected chi connectivity index (χ1v) is 14.7. The van der Waals surface area contributed by atoms with Gasteiger partial charge < -0.3 is 28.8 Å². The quantitative estimate of drug-likeness (QED) is 0.249. The maximum absolute atomic E-state index is 14.1. The first-order valence-electron chi connectivity index (χ1n) is 14.7. The maximum Gasteiger partial charge on any atom is 0.250 e. The van der Waals surface area contributed by atoms with Crippen LogP contribution in [-0.4, -0.2) is 64.3 Å². The molecule has 1 unspecified atom stereocenters. The highest BCUT2D eigenvalue weighted by atomic mass is 16.5. The standard InChI is InChI=1S/C32H38N6O6/c1-21-10-16-27(44-21)30(32(40)33-24-8-6-5-7-9-24)37(19-22-11-14-25(41-2)15-12-22)29(39)20-38-35-31(34-36-38)23-13-17-26(42-3)28(18-23)43-4/h10-18,24,30H,5-9,19-20H2,1-4H3,(H,33,40). The summed E-state index contributed by atoms with van der Waals surface area (Å²) in [5, 5.41) is 15.9. The van der Waals surface area contributed by atoms with Crippen LogP contribution in [0.25, 0.3) is 11.4 Å². The van der Waals surface area contributed by atoms with Gasteiger partial charge in [-0.15, -0.1) is 10.2 Å². The number of carbonyl (C=O) groups is 2. The molecule has 1 saturated carbocycles. The molecule has 5 rings (SSSR count). The number of tetrazole rings is 1. The van der Waals surface area contributed by atoms with Crippen LogP contribution in [0.15, 0.2) is 59.0 Å². The summed E-state index contributed by atoms with van der Waals surface area (Å²) >= 11 is 0. The SMILES string of the molecule is COc1ccc(CN(C(=O)Cn2nnc(-c3ccc(OC)c(OC)c3)n2)C(C(=O)NC2CCCCC2)c2ccc(C)o2)cc1. The summed E-state index contributed by atoms with van der Waals surface area (Å²) in [5.41, 5.74) is 1.46. The van der Waals surface area contributed by atoms with Crippen molar-refractivity contribution in [1.82, 2.24) is 30.4 Å². The number of carbonyl (C=O) groups excluding carboxylic acids is 2. The largest absolute Gasteiger partial charge is 0.497 e. The number of methoxy groups -OCH3 is 3. The number of rotatable bonds is 12. The highest BCUT2D eigenvalue weighted by Gasteiger charge is 2.35. The Kier molecular flexibility index (Phi) is 9.78. The lowest BCUT2D eigenvalue weighted by atomic mass is 9.95. The van der Waals surface area contributed by atoms with Crippen molar-refractivity contribution in [3.63, 3.8) is 0 Å². The molecule has 2 amide bonds. The van der Waals surface area contributed by atoms with E-state index in [1.165, 1.54) is 9.70 Å². The van der Waals surface area contributed by atoms with E-state index < -0.39 is 6.04 Å². The Morgan fingerprint density at radius 2 is 1.73 bits per heavy atom. The Labute approximate surface area is 256 Å². The van der Waals surface area contributed by atoms with E-state index in [0.29, 0.717) is 40.2 Å². The van der Waals surface area contributed by atoms with Crippen molar-refractivity contribution in [2.24, 2.45) is 0 Å². The molecule has 2 aromatic carbocycles. The summed E-state index contributed by atoms with van der Waals surface area (Å²) < 4.78 is 22.0. The molecule has 0 bridgehead atoms. The van der Waals surface area contributed by atoms with E-state index in [9.17, 15) is 9.59 Å². The lowest BCUT2D eigenvalue weighted by Crippen LogP contribution is -2.47. The van der Waals surface area contributed by atoms with Gasteiger partial charge in [-0.05, 0) is 73.0 Å². The predicted octanol–water partition coefficient (Wildman–Crippen LogP) is 4.49. The van der Waals surface area contributed by atoms with Gasteiger partial charge >= 0.3 is 0 Å². The fourth-order valence-corrected chi connectivity index (χ4v) is 5.42. The monoisotopic (exact) mass is 602 g/mol. The minimum Gasteiger partial charge on any atom is -0.497 e. The molecule has 44 heavy (non-hydrogen) atoms. The van der Waals surface area contributed by atoms with Gasteiger partial charge in [0.15, 0.2) is 17.5 Å². The third-order valence-electron chi connectivity index (χ3n) is 7.75. The van der Waals surface area contributed by atoms with Crippen LogP contribution in [0.5, 0.6) is 17.2 Å². The molecule has 1 N–H and O–H groups in total. The molecule has 0 radical (unpaired) electrons. The Bertz CT molecular complexity index is 1560. The van der Waals surface area contributed by atoms with Gasteiger partial charge in [-0.3, -0.25) is 9.59 Å². The third kappa shape index (κ3) is 7.19. The first kappa shape index (κ1) is 30.6. The maximum atomic E-state index is 14.1. The number of aryl methyl sites for hydroxylation is 1. The number of benzene rings is 2. The topological polar surface area (TPSA) is 134 Å². The Morgan fingerprint density at radius 3 is 2.39 bits per heavy atom. The van der Waals surface area contributed by atoms with E-state index in [0.717, 1.165) is 37.7 Å². The van der Waals surface area contributed by atoms with Crippen LogP contribution in [0.3, 0.4) is 0 Å². The molecular weight excluding hydrogens is 564 g/mol. The van der Waals surface area contributed by atoms with Crippen LogP contribution in [0.4, 0.5) is 0 Å². The lowest BCUT2D eigenvalue weighted by Gasteiger charge is -2.32. The average Bonchev–Trinajstić information content (AvgIpc) is 3.70. The Morgan fingerprint density at radius 1 is 0.977 bits per heavy atom. The van der Waals surface area contributed by atoms with Crippen molar-refractivity contribution >= 4 is 11.8 Å². The lowest BCUT2D eigenvalue weighted by molar-refractivity contribution is -0.143. The molecule has 2 aromatic heterocycles. The average molecular weight is 603 g/mol. The van der Waals surface area contributed by atoms with Gasteiger partial charge in [0.25, 0.3) is 5.91 Å². The number of furan rings is 1.